The van der Waals surface area contributed by atoms with E-state index in [0.717, 1.165) is 22.9 Å². The maximum absolute atomic E-state index is 11.7. The summed E-state index contributed by atoms with van der Waals surface area (Å²) >= 11 is 4.22. The molecule has 17 heavy (non-hydrogen) atoms. The molecule has 1 N–H and O–H groups in total. The first kappa shape index (κ1) is 12.5. The molecule has 0 spiro atoms. The first-order chi connectivity index (χ1) is 8.15. The summed E-state index contributed by atoms with van der Waals surface area (Å²) in [5.41, 5.74) is 1.04. The summed E-state index contributed by atoms with van der Waals surface area (Å²) in [5.74, 6) is 1.59. The predicted molar refractivity (Wildman–Crippen MR) is 72.3 cm³/mol. The van der Waals surface area contributed by atoms with Crippen LogP contribution < -0.4 is 5.32 Å². The zero-order chi connectivity index (χ0) is 12.3. The number of carbonyl (C=O) groups is 1. The number of thiol groups is 1. The topological polar surface area (TPSA) is 29.1 Å². The molecular formula is C14H19NOS. The lowest BCUT2D eigenvalue weighted by molar-refractivity contribution is -0.120. The fourth-order valence-corrected chi connectivity index (χ4v) is 2.12. The fraction of sp³-hybridized carbons (Fsp3) is 0.500. The van der Waals surface area contributed by atoms with Crippen molar-refractivity contribution in [1.82, 2.24) is 5.32 Å². The van der Waals surface area contributed by atoms with Crippen molar-refractivity contribution < 1.29 is 4.79 Å². The molecule has 1 atom stereocenters. The second-order valence-corrected chi connectivity index (χ2v) is 5.48. The summed E-state index contributed by atoms with van der Waals surface area (Å²) in [6, 6.07) is 7.73. The second kappa shape index (κ2) is 5.58. The monoisotopic (exact) mass is 249 g/mol. The molecule has 0 aliphatic heterocycles. The number of hydrogen-bond acceptors (Lipinski definition) is 2. The van der Waals surface area contributed by atoms with Crippen molar-refractivity contribution in [3.05, 3.63) is 29.8 Å². The molecule has 0 aromatic heterocycles. The molecule has 0 bridgehead atoms. The third-order valence-corrected chi connectivity index (χ3v) is 3.65. The Morgan fingerprint density at radius 3 is 2.65 bits per heavy atom. The minimum atomic E-state index is 0.115. The first-order valence-electron chi connectivity index (χ1n) is 6.20. The van der Waals surface area contributed by atoms with E-state index < -0.39 is 0 Å². The molecule has 0 heterocycles. The Morgan fingerprint density at radius 2 is 2.06 bits per heavy atom. The molecule has 1 aliphatic rings. The van der Waals surface area contributed by atoms with Crippen LogP contribution >= 0.6 is 12.6 Å². The van der Waals surface area contributed by atoms with Crippen LogP contribution in [-0.2, 0) is 11.2 Å². The van der Waals surface area contributed by atoms with Gasteiger partial charge >= 0.3 is 0 Å². The molecule has 0 saturated heterocycles. The van der Waals surface area contributed by atoms with Crippen molar-refractivity contribution in [3.8, 4) is 0 Å². The zero-order valence-corrected chi connectivity index (χ0v) is 11.0. The van der Waals surface area contributed by atoms with Crippen LogP contribution in [-0.4, -0.2) is 12.5 Å². The van der Waals surface area contributed by atoms with Gasteiger partial charge in [-0.05, 0) is 42.4 Å². The van der Waals surface area contributed by atoms with E-state index in [1.807, 2.05) is 24.3 Å². The third kappa shape index (κ3) is 4.08. The lowest BCUT2D eigenvalue weighted by Gasteiger charge is -2.11. The van der Waals surface area contributed by atoms with Gasteiger partial charge in [0.25, 0.3) is 0 Å². The highest BCUT2D eigenvalue weighted by Crippen LogP contribution is 2.36. The highest BCUT2D eigenvalue weighted by molar-refractivity contribution is 7.80. The normalized spacial score (nSPS) is 16.6. The Kier molecular flexibility index (Phi) is 4.11. The number of amides is 1. The Morgan fingerprint density at radius 1 is 1.41 bits per heavy atom. The van der Waals surface area contributed by atoms with Crippen LogP contribution in [0.5, 0.6) is 0 Å². The van der Waals surface area contributed by atoms with Gasteiger partial charge in [0.2, 0.25) is 5.91 Å². The second-order valence-electron chi connectivity index (χ2n) is 4.96. The lowest BCUT2D eigenvalue weighted by Crippen LogP contribution is -2.30. The van der Waals surface area contributed by atoms with Crippen LogP contribution in [0.4, 0.5) is 0 Å². The lowest BCUT2D eigenvalue weighted by atomic mass is 10.1. The largest absolute Gasteiger partial charge is 0.356 e. The van der Waals surface area contributed by atoms with Gasteiger partial charge in [-0.2, -0.15) is 0 Å². The summed E-state index contributed by atoms with van der Waals surface area (Å²) in [6.45, 7) is 3.03. The van der Waals surface area contributed by atoms with E-state index in [-0.39, 0.29) is 5.91 Å². The molecule has 3 heteroatoms. The van der Waals surface area contributed by atoms with Crippen LogP contribution in [0.15, 0.2) is 29.2 Å². The Labute approximate surface area is 108 Å². The molecule has 1 saturated carbocycles. The molecule has 1 amide bonds. The highest BCUT2D eigenvalue weighted by atomic mass is 32.1. The SMILES string of the molecule is CC(CNC(=O)Cc1ccc(S)cc1)C1CC1. The van der Waals surface area contributed by atoms with Crippen LogP contribution in [0.3, 0.4) is 0 Å². The number of benzene rings is 1. The molecule has 0 radical (unpaired) electrons. The van der Waals surface area contributed by atoms with Gasteiger partial charge in [-0.1, -0.05) is 19.1 Å². The first-order valence-corrected chi connectivity index (χ1v) is 6.64. The quantitative estimate of drug-likeness (QED) is 0.772. The number of hydrogen-bond donors (Lipinski definition) is 2. The minimum absolute atomic E-state index is 0.115. The molecule has 1 aliphatic carbocycles. The van der Waals surface area contributed by atoms with E-state index in [4.69, 9.17) is 0 Å². The molecule has 1 aromatic rings. The van der Waals surface area contributed by atoms with Crippen molar-refractivity contribution in [2.45, 2.75) is 31.1 Å². The summed E-state index contributed by atoms with van der Waals surface area (Å²) < 4.78 is 0. The van der Waals surface area contributed by atoms with Gasteiger partial charge in [-0.25, -0.2) is 0 Å². The van der Waals surface area contributed by atoms with E-state index >= 15 is 0 Å². The van der Waals surface area contributed by atoms with E-state index in [1.165, 1.54) is 12.8 Å². The minimum Gasteiger partial charge on any atom is -0.356 e. The zero-order valence-electron chi connectivity index (χ0n) is 10.1. The summed E-state index contributed by atoms with van der Waals surface area (Å²) in [7, 11) is 0. The predicted octanol–water partition coefficient (Wildman–Crippen LogP) is 2.68. The van der Waals surface area contributed by atoms with Gasteiger partial charge in [0.05, 0.1) is 6.42 Å². The highest BCUT2D eigenvalue weighted by Gasteiger charge is 2.27. The average molecular weight is 249 g/mol. The van der Waals surface area contributed by atoms with E-state index in [0.29, 0.717) is 12.3 Å². The summed E-state index contributed by atoms with van der Waals surface area (Å²) in [6.07, 6.45) is 3.13. The summed E-state index contributed by atoms with van der Waals surface area (Å²) in [5, 5.41) is 3.01. The van der Waals surface area contributed by atoms with Crippen LogP contribution in [0.25, 0.3) is 0 Å². The van der Waals surface area contributed by atoms with Crippen LogP contribution in [0.1, 0.15) is 25.3 Å². The van der Waals surface area contributed by atoms with Crippen LogP contribution in [0.2, 0.25) is 0 Å². The van der Waals surface area contributed by atoms with E-state index in [1.54, 1.807) is 0 Å². The number of carbonyl (C=O) groups excluding carboxylic acids is 1. The Balaban J connectivity index is 1.74. The van der Waals surface area contributed by atoms with E-state index in [2.05, 4.69) is 24.9 Å². The van der Waals surface area contributed by atoms with Crippen molar-refractivity contribution >= 4 is 18.5 Å². The average Bonchev–Trinajstić information content (AvgIpc) is 3.13. The molecule has 2 rings (SSSR count). The number of nitrogens with one attached hydrogen (secondary N) is 1. The Hall–Kier alpha value is -0.960. The smallest absolute Gasteiger partial charge is 0.224 e. The molecular weight excluding hydrogens is 230 g/mol. The summed E-state index contributed by atoms with van der Waals surface area (Å²) in [4.78, 5) is 12.6. The maximum atomic E-state index is 11.7. The third-order valence-electron chi connectivity index (χ3n) is 3.35. The molecule has 1 aromatic carbocycles. The van der Waals surface area contributed by atoms with Gasteiger partial charge in [-0.15, -0.1) is 12.6 Å². The van der Waals surface area contributed by atoms with Crippen molar-refractivity contribution in [2.24, 2.45) is 11.8 Å². The fourth-order valence-electron chi connectivity index (χ4n) is 1.97. The molecule has 92 valence electrons. The molecule has 2 nitrogen and oxygen atoms in total. The molecule has 1 unspecified atom stereocenters. The number of rotatable bonds is 5. The van der Waals surface area contributed by atoms with Gasteiger partial charge in [0, 0.05) is 11.4 Å². The van der Waals surface area contributed by atoms with Crippen molar-refractivity contribution in [3.63, 3.8) is 0 Å². The van der Waals surface area contributed by atoms with Gasteiger partial charge in [-0.3, -0.25) is 4.79 Å². The van der Waals surface area contributed by atoms with Gasteiger partial charge < -0.3 is 5.32 Å². The Bertz CT molecular complexity index is 384. The van der Waals surface area contributed by atoms with Gasteiger partial charge in [0.15, 0.2) is 0 Å². The van der Waals surface area contributed by atoms with E-state index in [9.17, 15) is 4.79 Å². The van der Waals surface area contributed by atoms with Crippen LogP contribution in [0, 0.1) is 11.8 Å². The van der Waals surface area contributed by atoms with Gasteiger partial charge in [0.1, 0.15) is 0 Å². The van der Waals surface area contributed by atoms with Crippen molar-refractivity contribution in [1.29, 1.82) is 0 Å². The standard InChI is InChI=1S/C14H19NOS/c1-10(12-4-5-12)9-15-14(16)8-11-2-6-13(17)7-3-11/h2-3,6-7,10,12,17H,4-5,8-9H2,1H3,(H,15,16). The molecule has 1 fully saturated rings. The van der Waals surface area contributed by atoms with Crippen molar-refractivity contribution in [2.75, 3.05) is 6.54 Å². The maximum Gasteiger partial charge on any atom is 0.224 e.